The van der Waals surface area contributed by atoms with Crippen LogP contribution in [0.15, 0.2) is 64.4 Å². The van der Waals surface area contributed by atoms with Gasteiger partial charge in [0.05, 0.1) is 18.9 Å². The van der Waals surface area contributed by atoms with E-state index in [0.29, 0.717) is 44.7 Å². The van der Waals surface area contributed by atoms with Crippen LogP contribution in [-0.4, -0.2) is 46.7 Å². The number of benzene rings is 2. The first kappa shape index (κ1) is 35.5. The van der Waals surface area contributed by atoms with Gasteiger partial charge >= 0.3 is 0 Å². The van der Waals surface area contributed by atoms with Crippen molar-refractivity contribution in [3.05, 3.63) is 81.7 Å². The summed E-state index contributed by atoms with van der Waals surface area (Å²) in [6.45, 7) is 5.20. The summed E-state index contributed by atoms with van der Waals surface area (Å²) in [5, 5.41) is 31.2. The number of Topliss-reactive ketones (excluding diaryl/α,β-unsaturated/α-hetero) is 1. The Kier molecular flexibility index (Phi) is 13.5. The molecule has 3 atom stereocenters. The minimum atomic E-state index is -0.587. The average molecular weight is 634 g/mol. The fourth-order valence-electron chi connectivity index (χ4n) is 6.33. The Morgan fingerprint density at radius 1 is 1.02 bits per heavy atom. The van der Waals surface area contributed by atoms with Gasteiger partial charge in [0.25, 0.3) is 0 Å². The van der Waals surface area contributed by atoms with Crippen molar-refractivity contribution in [2.24, 2.45) is 22.4 Å². The number of aliphatic imine (C=N–C) groups is 1. The zero-order valence-corrected chi connectivity index (χ0v) is 27.5. The number of ether oxygens (including phenoxy) is 1. The van der Waals surface area contributed by atoms with E-state index in [4.69, 9.17) is 16.2 Å². The molecule has 0 amide bonds. The number of aliphatic hydroxyl groups is 2. The second-order valence-corrected chi connectivity index (χ2v) is 12.7. The summed E-state index contributed by atoms with van der Waals surface area (Å²) in [4.78, 5) is 18.9. The highest BCUT2D eigenvalue weighted by Gasteiger charge is 2.30. The number of unbranched alkanes of at least 4 members (excludes halogenated alkanes) is 4. The maximum atomic E-state index is 13.3. The van der Waals surface area contributed by atoms with Crippen LogP contribution in [0.1, 0.15) is 100 Å². The Morgan fingerprint density at radius 2 is 1.78 bits per heavy atom. The largest absolute Gasteiger partial charge is 0.504 e. The monoisotopic (exact) mass is 633 g/mol. The van der Waals surface area contributed by atoms with Crippen molar-refractivity contribution in [3.63, 3.8) is 0 Å². The lowest BCUT2D eigenvalue weighted by atomic mass is 9.86. The van der Waals surface area contributed by atoms with Crippen LogP contribution >= 0.6 is 0 Å². The van der Waals surface area contributed by atoms with Crippen LogP contribution in [0.3, 0.4) is 0 Å². The normalized spacial score (nSPS) is 17.0. The molecule has 0 aliphatic carbocycles. The van der Waals surface area contributed by atoms with Gasteiger partial charge in [-0.3, -0.25) is 14.7 Å². The Hall–Kier alpha value is -3.34. The van der Waals surface area contributed by atoms with Crippen molar-refractivity contribution >= 4 is 12.0 Å². The first-order valence-electron chi connectivity index (χ1n) is 17.0. The molecule has 9 nitrogen and oxygen atoms in total. The van der Waals surface area contributed by atoms with E-state index < -0.39 is 12.3 Å². The molecule has 0 saturated carbocycles. The lowest BCUT2D eigenvalue weighted by Crippen LogP contribution is -3.07. The van der Waals surface area contributed by atoms with E-state index in [-0.39, 0.29) is 24.1 Å². The number of nitrogens with two attached hydrogens (primary N) is 2. The standard InChI is InChI=1S/C37H52N4O5/c1-3-5-7-9-30(33(43)10-8-6-4-2)34(44)15-11-25-12-16-35(45)36(17-25)46-24-41-21-31-29(20-40-32(31)22-41)19-28-18-26(37(38)39)13-14-27(28)23-42/h12-14,16-18,20,22,30,33,37,42-43,45H,3-11,15,19,21,23-24,38-39H2,1-2H3/p+1/t30-,33-/m1/s1. The fourth-order valence-corrected chi connectivity index (χ4v) is 6.33. The van der Waals surface area contributed by atoms with E-state index in [1.54, 1.807) is 6.07 Å². The molecular weight excluding hydrogens is 580 g/mol. The van der Waals surface area contributed by atoms with Crippen LogP contribution in [0.2, 0.25) is 0 Å². The Morgan fingerprint density at radius 3 is 2.50 bits per heavy atom. The van der Waals surface area contributed by atoms with Crippen molar-refractivity contribution in [1.29, 1.82) is 0 Å². The molecule has 1 unspecified atom stereocenters. The topological polar surface area (TPSA) is 156 Å². The number of aryl methyl sites for hydroxylation is 1. The van der Waals surface area contributed by atoms with Gasteiger partial charge in [0.15, 0.2) is 11.5 Å². The number of aromatic hydroxyl groups is 1. The number of fused-ring (bicyclic) bond motifs is 1. The van der Waals surface area contributed by atoms with Crippen LogP contribution in [0.25, 0.3) is 0 Å². The number of ketones is 1. The molecule has 2 heterocycles. The number of allylic oxidation sites excluding steroid dienone is 1. The van der Waals surface area contributed by atoms with Gasteiger partial charge in [-0.15, -0.1) is 0 Å². The van der Waals surface area contributed by atoms with E-state index in [1.807, 2.05) is 42.7 Å². The summed E-state index contributed by atoms with van der Waals surface area (Å²) in [6.07, 6.45) is 11.8. The minimum Gasteiger partial charge on any atom is -0.504 e. The van der Waals surface area contributed by atoms with Gasteiger partial charge < -0.3 is 31.5 Å². The summed E-state index contributed by atoms with van der Waals surface area (Å²) in [6, 6.07) is 10.9. The zero-order chi connectivity index (χ0) is 33.1. The highest BCUT2D eigenvalue weighted by Crippen LogP contribution is 2.30. The number of hydrogen-bond donors (Lipinski definition) is 6. The molecule has 0 aromatic heterocycles. The van der Waals surface area contributed by atoms with Crippen molar-refractivity contribution in [2.45, 2.75) is 103 Å². The molecule has 0 saturated heterocycles. The number of aliphatic hydroxyl groups excluding tert-OH is 2. The fraction of sp³-hybridized carbons (Fsp3) is 0.514. The Labute approximate surface area is 273 Å². The third kappa shape index (κ3) is 9.59. The van der Waals surface area contributed by atoms with Crippen molar-refractivity contribution in [3.8, 4) is 11.5 Å². The van der Waals surface area contributed by atoms with Gasteiger partial charge in [-0.05, 0) is 65.6 Å². The number of phenols is 1. The molecule has 0 fully saturated rings. The lowest BCUT2D eigenvalue weighted by Gasteiger charge is -2.22. The lowest BCUT2D eigenvalue weighted by molar-refractivity contribution is -0.855. The van der Waals surface area contributed by atoms with Gasteiger partial charge in [-0.1, -0.05) is 76.6 Å². The van der Waals surface area contributed by atoms with Gasteiger partial charge in [0.2, 0.25) is 6.73 Å². The smallest absolute Gasteiger partial charge is 0.227 e. The van der Waals surface area contributed by atoms with Crippen LogP contribution in [0, 0.1) is 5.92 Å². The molecule has 4 rings (SSSR count). The predicted molar refractivity (Wildman–Crippen MR) is 181 cm³/mol. The molecular formula is C37H53N4O5+. The number of phenolic OH excluding ortho intramolecular Hbond substituents is 1. The molecule has 9 heteroatoms. The molecule has 2 aliphatic heterocycles. The molecule has 250 valence electrons. The third-order valence-corrected chi connectivity index (χ3v) is 9.16. The van der Waals surface area contributed by atoms with Gasteiger partial charge in [0, 0.05) is 24.1 Å². The van der Waals surface area contributed by atoms with Crippen LogP contribution in [-0.2, 0) is 24.2 Å². The van der Waals surface area contributed by atoms with E-state index in [9.17, 15) is 20.1 Å². The minimum absolute atomic E-state index is 0.0535. The number of nitrogens with one attached hydrogen (secondary N) is 1. The third-order valence-electron chi connectivity index (χ3n) is 9.16. The number of nitrogens with zero attached hydrogens (tertiary/aromatic N) is 1. The highest BCUT2D eigenvalue weighted by atomic mass is 16.5. The molecule has 0 radical (unpaired) electrons. The number of rotatable bonds is 20. The molecule has 46 heavy (non-hydrogen) atoms. The van der Waals surface area contributed by atoms with Crippen molar-refractivity contribution in [1.82, 2.24) is 0 Å². The van der Waals surface area contributed by atoms with Gasteiger partial charge in [-0.2, -0.15) is 0 Å². The Bertz CT molecular complexity index is 1420. The van der Waals surface area contributed by atoms with E-state index in [0.717, 1.165) is 88.9 Å². The number of hydrogen-bond acceptors (Lipinski definition) is 8. The first-order valence-corrected chi connectivity index (χ1v) is 17.0. The Balaban J connectivity index is 1.35. The summed E-state index contributed by atoms with van der Waals surface area (Å²) in [5.74, 6) is 0.232. The van der Waals surface area contributed by atoms with E-state index in [2.05, 4.69) is 18.8 Å². The van der Waals surface area contributed by atoms with Gasteiger partial charge in [-0.25, -0.2) is 0 Å². The first-order chi connectivity index (χ1) is 22.2. The van der Waals surface area contributed by atoms with E-state index in [1.165, 1.54) is 0 Å². The SMILES string of the molecule is CCCCC[C@@H](O)[C@@H](CCCCC)C(=O)CCc1ccc(O)c(OC[NH+]2C=C3N=CC(Cc4cc(C(N)N)ccc4CO)=C3C2)c1. The summed E-state index contributed by atoms with van der Waals surface area (Å²) < 4.78 is 6.08. The molecule has 0 spiro atoms. The number of quaternary nitrogens is 1. The average Bonchev–Trinajstić information content (AvgIpc) is 3.63. The number of carbonyl (C=O) groups excluding carboxylic acids is 1. The zero-order valence-electron chi connectivity index (χ0n) is 27.5. The summed E-state index contributed by atoms with van der Waals surface area (Å²) >= 11 is 0. The summed E-state index contributed by atoms with van der Waals surface area (Å²) in [5.41, 5.74) is 18.4. The highest BCUT2D eigenvalue weighted by molar-refractivity contribution is 5.87. The predicted octanol–water partition coefficient (Wildman–Crippen LogP) is 4.14. The molecule has 2 aromatic rings. The molecule has 2 aromatic carbocycles. The van der Waals surface area contributed by atoms with Crippen LogP contribution in [0.4, 0.5) is 0 Å². The van der Waals surface area contributed by atoms with Crippen molar-refractivity contribution < 1.29 is 29.8 Å². The quantitative estimate of drug-likeness (QED) is 0.0946. The second kappa shape index (κ2) is 17.5. The molecule has 8 N–H and O–H groups in total. The van der Waals surface area contributed by atoms with Crippen LogP contribution in [0.5, 0.6) is 11.5 Å². The maximum absolute atomic E-state index is 13.3. The molecule has 2 aliphatic rings. The summed E-state index contributed by atoms with van der Waals surface area (Å²) in [7, 11) is 0. The molecule has 0 bridgehead atoms. The maximum Gasteiger partial charge on any atom is 0.227 e. The number of carbonyl (C=O) groups is 1. The van der Waals surface area contributed by atoms with E-state index >= 15 is 0 Å². The van der Waals surface area contributed by atoms with Gasteiger partial charge in [0.1, 0.15) is 24.2 Å². The van der Waals surface area contributed by atoms with Crippen molar-refractivity contribution in [2.75, 3.05) is 13.3 Å². The second-order valence-electron chi connectivity index (χ2n) is 12.7. The van der Waals surface area contributed by atoms with Crippen LogP contribution < -0.4 is 21.1 Å².